The number of halogens is 3. The fourth-order valence-corrected chi connectivity index (χ4v) is 3.49. The van der Waals surface area contributed by atoms with Crippen molar-refractivity contribution in [2.75, 3.05) is 31.1 Å². The molecule has 4 heterocycles. The summed E-state index contributed by atoms with van der Waals surface area (Å²) in [6.45, 7) is 2.18. The minimum atomic E-state index is -4.57. The monoisotopic (exact) mass is 382 g/mol. The summed E-state index contributed by atoms with van der Waals surface area (Å²) >= 11 is 0. The van der Waals surface area contributed by atoms with E-state index in [0.29, 0.717) is 18.5 Å². The number of aromatic nitrogens is 4. The topological polar surface area (TPSA) is 79.1 Å². The molecule has 2 aliphatic rings. The number of nitrogens with zero attached hydrogens (tertiary/aromatic N) is 5. The van der Waals surface area contributed by atoms with Crippen molar-refractivity contribution in [2.24, 2.45) is 0 Å². The maximum atomic E-state index is 13.3. The number of aliphatic hydroxyl groups excluding tert-OH is 1. The van der Waals surface area contributed by atoms with Crippen molar-refractivity contribution < 1.29 is 18.3 Å². The fraction of sp³-hybridized carbons (Fsp3) is 0.588. The molecule has 0 radical (unpaired) electrons. The highest BCUT2D eigenvalue weighted by Gasteiger charge is 2.36. The largest absolute Gasteiger partial charge is 0.433 e. The molecule has 0 bridgehead atoms. The highest BCUT2D eigenvalue weighted by atomic mass is 19.4. The average molecular weight is 382 g/mol. The van der Waals surface area contributed by atoms with Gasteiger partial charge in [-0.05, 0) is 38.4 Å². The van der Waals surface area contributed by atoms with Gasteiger partial charge in [0.05, 0.1) is 30.6 Å². The van der Waals surface area contributed by atoms with Crippen LogP contribution in [0.4, 0.5) is 19.1 Å². The van der Waals surface area contributed by atoms with Gasteiger partial charge < -0.3 is 15.3 Å². The van der Waals surface area contributed by atoms with Gasteiger partial charge in [0, 0.05) is 18.3 Å². The predicted molar refractivity (Wildman–Crippen MR) is 92.2 cm³/mol. The lowest BCUT2D eigenvalue weighted by Gasteiger charge is -2.40. The van der Waals surface area contributed by atoms with E-state index in [2.05, 4.69) is 20.4 Å². The lowest BCUT2D eigenvalue weighted by atomic mass is 10.1. The Hall–Kier alpha value is -2.20. The van der Waals surface area contributed by atoms with Crippen LogP contribution >= 0.6 is 0 Å². The summed E-state index contributed by atoms with van der Waals surface area (Å²) in [5.41, 5.74) is -0.263. The molecule has 0 aliphatic carbocycles. The Kier molecular flexibility index (Phi) is 4.77. The Morgan fingerprint density at radius 1 is 1.19 bits per heavy atom. The first kappa shape index (κ1) is 18.2. The van der Waals surface area contributed by atoms with Gasteiger partial charge in [-0.3, -0.25) is 4.68 Å². The third-order valence-corrected chi connectivity index (χ3v) is 5.20. The first-order valence-electron chi connectivity index (χ1n) is 9.05. The fourth-order valence-electron chi connectivity index (χ4n) is 3.49. The van der Waals surface area contributed by atoms with Crippen molar-refractivity contribution in [3.8, 4) is 11.3 Å². The van der Waals surface area contributed by atoms with Crippen LogP contribution in [0.5, 0.6) is 0 Å². The lowest BCUT2D eigenvalue weighted by molar-refractivity contribution is -0.141. The minimum absolute atomic E-state index is 0.000239. The molecule has 1 atom stereocenters. The molecule has 2 aromatic rings. The van der Waals surface area contributed by atoms with E-state index >= 15 is 0 Å². The highest BCUT2D eigenvalue weighted by Crippen LogP contribution is 2.34. The SMILES string of the molecule is OC[C@H]1CCN1c1nc(-c2cnn(C3CCNCC3)c2)cc(C(F)(F)F)n1. The second kappa shape index (κ2) is 7.08. The number of hydrogen-bond acceptors (Lipinski definition) is 6. The molecular formula is C17H21F3N6O. The van der Waals surface area contributed by atoms with Gasteiger partial charge in [0.15, 0.2) is 5.69 Å². The third-order valence-electron chi connectivity index (χ3n) is 5.20. The second-order valence-electron chi connectivity index (χ2n) is 6.94. The van der Waals surface area contributed by atoms with Gasteiger partial charge in [-0.1, -0.05) is 0 Å². The summed E-state index contributed by atoms with van der Waals surface area (Å²) in [6.07, 6.45) is 1.29. The van der Waals surface area contributed by atoms with Crippen LogP contribution in [0.2, 0.25) is 0 Å². The van der Waals surface area contributed by atoms with Crippen molar-refractivity contribution in [1.29, 1.82) is 0 Å². The normalized spacial score (nSPS) is 21.3. The summed E-state index contributed by atoms with van der Waals surface area (Å²) in [5.74, 6) is -0.000239. The van der Waals surface area contributed by atoms with E-state index in [0.717, 1.165) is 32.0 Å². The van der Waals surface area contributed by atoms with Crippen molar-refractivity contribution in [2.45, 2.75) is 37.5 Å². The van der Waals surface area contributed by atoms with Gasteiger partial charge in [-0.15, -0.1) is 0 Å². The Morgan fingerprint density at radius 3 is 2.59 bits per heavy atom. The number of piperidine rings is 1. The Labute approximate surface area is 154 Å². The number of nitrogens with one attached hydrogen (secondary N) is 1. The quantitative estimate of drug-likeness (QED) is 0.840. The van der Waals surface area contributed by atoms with Gasteiger partial charge in [0.2, 0.25) is 5.95 Å². The van der Waals surface area contributed by atoms with Crippen LogP contribution < -0.4 is 10.2 Å². The average Bonchev–Trinajstić information content (AvgIpc) is 3.11. The smallest absolute Gasteiger partial charge is 0.394 e. The molecule has 0 amide bonds. The van der Waals surface area contributed by atoms with E-state index in [-0.39, 0.29) is 30.3 Å². The summed E-state index contributed by atoms with van der Waals surface area (Å²) in [4.78, 5) is 9.63. The van der Waals surface area contributed by atoms with Crippen LogP contribution in [0.25, 0.3) is 11.3 Å². The van der Waals surface area contributed by atoms with E-state index in [1.165, 1.54) is 0 Å². The molecule has 7 nitrogen and oxygen atoms in total. The van der Waals surface area contributed by atoms with Crippen LogP contribution in [0, 0.1) is 0 Å². The summed E-state index contributed by atoms with van der Waals surface area (Å²) in [7, 11) is 0. The predicted octanol–water partition coefficient (Wildman–Crippen LogP) is 1.85. The minimum Gasteiger partial charge on any atom is -0.394 e. The molecular weight excluding hydrogens is 361 g/mol. The zero-order valence-corrected chi connectivity index (χ0v) is 14.7. The van der Waals surface area contributed by atoms with Crippen molar-refractivity contribution in [3.63, 3.8) is 0 Å². The van der Waals surface area contributed by atoms with Gasteiger partial charge in [0.1, 0.15) is 0 Å². The molecule has 0 aromatic carbocycles. The highest BCUT2D eigenvalue weighted by molar-refractivity contribution is 5.60. The van der Waals surface area contributed by atoms with Crippen LogP contribution in [0.1, 0.15) is 31.0 Å². The maximum Gasteiger partial charge on any atom is 0.433 e. The molecule has 2 fully saturated rings. The van der Waals surface area contributed by atoms with Gasteiger partial charge >= 0.3 is 6.18 Å². The van der Waals surface area contributed by atoms with Crippen LogP contribution in [0.15, 0.2) is 18.5 Å². The number of alkyl halides is 3. The van der Waals surface area contributed by atoms with Crippen LogP contribution in [-0.4, -0.2) is 57.1 Å². The zero-order valence-electron chi connectivity index (χ0n) is 14.7. The first-order chi connectivity index (χ1) is 13.0. The van der Waals surface area contributed by atoms with E-state index < -0.39 is 11.9 Å². The molecule has 0 spiro atoms. The van der Waals surface area contributed by atoms with Crippen LogP contribution in [-0.2, 0) is 6.18 Å². The number of hydrogen-bond donors (Lipinski definition) is 2. The molecule has 4 rings (SSSR count). The summed E-state index contributed by atoms with van der Waals surface area (Å²) in [6, 6.07) is 0.956. The zero-order chi connectivity index (χ0) is 19.0. The number of rotatable bonds is 4. The lowest BCUT2D eigenvalue weighted by Crippen LogP contribution is -2.51. The third kappa shape index (κ3) is 3.63. The molecule has 2 N–H and O–H groups in total. The molecule has 146 valence electrons. The molecule has 2 aromatic heterocycles. The molecule has 10 heteroatoms. The van der Waals surface area contributed by atoms with Gasteiger partial charge in [-0.2, -0.15) is 18.3 Å². The standard InChI is InChI=1S/C17H21F3N6O/c18-17(19,20)15-7-14(23-16(24-15)25-6-3-13(25)10-27)11-8-22-26(9-11)12-1-4-21-5-2-12/h7-9,12-13,21,27H,1-6,10H2/t13-/m1/s1. The molecule has 2 aliphatic heterocycles. The first-order valence-corrected chi connectivity index (χ1v) is 9.05. The summed E-state index contributed by atoms with van der Waals surface area (Å²) in [5, 5.41) is 17.0. The van der Waals surface area contributed by atoms with E-state index in [1.807, 2.05) is 4.68 Å². The van der Waals surface area contributed by atoms with Gasteiger partial charge in [0.25, 0.3) is 0 Å². The molecule has 2 saturated heterocycles. The summed E-state index contributed by atoms with van der Waals surface area (Å²) < 4.78 is 41.8. The van der Waals surface area contributed by atoms with E-state index in [1.54, 1.807) is 17.3 Å². The number of aliphatic hydroxyl groups is 1. The second-order valence-corrected chi connectivity index (χ2v) is 6.94. The van der Waals surface area contributed by atoms with E-state index in [9.17, 15) is 18.3 Å². The van der Waals surface area contributed by atoms with E-state index in [4.69, 9.17) is 0 Å². The van der Waals surface area contributed by atoms with Gasteiger partial charge in [-0.25, -0.2) is 9.97 Å². The Morgan fingerprint density at radius 2 is 1.96 bits per heavy atom. The van der Waals surface area contributed by atoms with Crippen molar-refractivity contribution in [3.05, 3.63) is 24.2 Å². The molecule has 0 unspecified atom stereocenters. The van der Waals surface area contributed by atoms with Crippen molar-refractivity contribution in [1.82, 2.24) is 25.1 Å². The van der Waals surface area contributed by atoms with Crippen molar-refractivity contribution >= 4 is 5.95 Å². The Bertz CT molecular complexity index is 800. The molecule has 27 heavy (non-hydrogen) atoms. The molecule has 0 saturated carbocycles. The number of anilines is 1. The Balaban J connectivity index is 1.68. The van der Waals surface area contributed by atoms with Crippen LogP contribution in [0.3, 0.4) is 0 Å². The maximum absolute atomic E-state index is 13.3.